The molecular formula is C10H9BrN2O2. The smallest absolute Gasteiger partial charge is 0.335 e. The van der Waals surface area contributed by atoms with E-state index in [1.165, 1.54) is 6.07 Å². The van der Waals surface area contributed by atoms with Crippen molar-refractivity contribution in [2.45, 2.75) is 0 Å². The molecule has 1 aromatic heterocycles. The quantitative estimate of drug-likeness (QED) is 0.780. The number of aryl methyl sites for hydroxylation is 1. The van der Waals surface area contributed by atoms with Crippen LogP contribution >= 0.6 is 15.9 Å². The van der Waals surface area contributed by atoms with E-state index < -0.39 is 5.97 Å². The van der Waals surface area contributed by atoms with Gasteiger partial charge < -0.3 is 15.4 Å². The Hall–Kier alpha value is -1.49. The van der Waals surface area contributed by atoms with Crippen molar-refractivity contribution in [3.05, 3.63) is 28.4 Å². The number of aromatic nitrogens is 1. The van der Waals surface area contributed by atoms with Crippen LogP contribution in [0.25, 0.3) is 10.9 Å². The van der Waals surface area contributed by atoms with Gasteiger partial charge in [0.2, 0.25) is 0 Å². The van der Waals surface area contributed by atoms with Crippen molar-refractivity contribution in [2.24, 2.45) is 7.05 Å². The van der Waals surface area contributed by atoms with Gasteiger partial charge in [0, 0.05) is 23.1 Å². The lowest BCUT2D eigenvalue weighted by Crippen LogP contribution is -1.99. The predicted octanol–water partition coefficient (Wildman–Crippen LogP) is 2.22. The molecule has 0 bridgehead atoms. The number of benzene rings is 1. The van der Waals surface area contributed by atoms with Gasteiger partial charge >= 0.3 is 5.97 Å². The lowest BCUT2D eigenvalue weighted by molar-refractivity contribution is 0.0697. The van der Waals surface area contributed by atoms with E-state index in [1.807, 2.05) is 17.8 Å². The van der Waals surface area contributed by atoms with Gasteiger partial charge in [-0.15, -0.1) is 0 Å². The molecule has 2 rings (SSSR count). The Balaban J connectivity index is 2.87. The predicted molar refractivity (Wildman–Crippen MR) is 62.0 cm³/mol. The Labute approximate surface area is 94.4 Å². The molecule has 4 nitrogen and oxygen atoms in total. The standard InChI is InChI=1S/C10H9BrN2O2/c1-13-4-7(11)6-2-5(10(14)15)3-8(12)9(6)13/h2-4H,12H2,1H3,(H,14,15). The van der Waals surface area contributed by atoms with Crippen molar-refractivity contribution in [2.75, 3.05) is 5.73 Å². The highest BCUT2D eigenvalue weighted by atomic mass is 79.9. The van der Waals surface area contributed by atoms with E-state index in [-0.39, 0.29) is 5.56 Å². The number of carboxylic acids is 1. The lowest BCUT2D eigenvalue weighted by atomic mass is 10.1. The lowest BCUT2D eigenvalue weighted by Gasteiger charge is -2.02. The van der Waals surface area contributed by atoms with Crippen LogP contribution in [0.4, 0.5) is 5.69 Å². The zero-order valence-electron chi connectivity index (χ0n) is 7.99. The number of nitrogens with zero attached hydrogens (tertiary/aromatic N) is 1. The fourth-order valence-corrected chi connectivity index (χ4v) is 2.27. The van der Waals surface area contributed by atoms with Gasteiger partial charge in [-0.05, 0) is 28.1 Å². The minimum atomic E-state index is -0.973. The van der Waals surface area contributed by atoms with Gasteiger partial charge in [0.05, 0.1) is 16.8 Å². The van der Waals surface area contributed by atoms with Crippen LogP contribution in [0, 0.1) is 0 Å². The average Bonchev–Trinajstić information content (AvgIpc) is 2.42. The zero-order chi connectivity index (χ0) is 11.2. The van der Waals surface area contributed by atoms with Crippen molar-refractivity contribution in [1.82, 2.24) is 4.57 Å². The first kappa shape index (κ1) is 10.0. The molecule has 0 spiro atoms. The van der Waals surface area contributed by atoms with Crippen molar-refractivity contribution >= 4 is 38.5 Å². The zero-order valence-corrected chi connectivity index (χ0v) is 9.58. The number of hydrogen-bond acceptors (Lipinski definition) is 2. The van der Waals surface area contributed by atoms with E-state index in [2.05, 4.69) is 15.9 Å². The Kier molecular flexibility index (Phi) is 2.19. The molecule has 0 radical (unpaired) electrons. The molecule has 2 aromatic rings. The van der Waals surface area contributed by atoms with Crippen LogP contribution in [0.1, 0.15) is 10.4 Å². The van der Waals surface area contributed by atoms with E-state index in [1.54, 1.807) is 6.07 Å². The fourth-order valence-electron chi connectivity index (χ4n) is 1.66. The maximum atomic E-state index is 10.8. The number of carbonyl (C=O) groups is 1. The van der Waals surface area contributed by atoms with Crippen LogP contribution < -0.4 is 5.73 Å². The molecule has 15 heavy (non-hydrogen) atoms. The molecule has 0 saturated heterocycles. The minimum absolute atomic E-state index is 0.201. The molecule has 0 aliphatic carbocycles. The second-order valence-electron chi connectivity index (χ2n) is 3.35. The van der Waals surface area contributed by atoms with E-state index >= 15 is 0 Å². The Morgan fingerprint density at radius 2 is 2.20 bits per heavy atom. The molecule has 3 N–H and O–H groups in total. The van der Waals surface area contributed by atoms with Crippen LogP contribution in [0.2, 0.25) is 0 Å². The minimum Gasteiger partial charge on any atom is -0.478 e. The summed E-state index contributed by atoms with van der Waals surface area (Å²) in [7, 11) is 1.86. The topological polar surface area (TPSA) is 68.2 Å². The fraction of sp³-hybridized carbons (Fsp3) is 0.100. The highest BCUT2D eigenvalue weighted by Gasteiger charge is 2.12. The second-order valence-corrected chi connectivity index (χ2v) is 4.21. The SMILES string of the molecule is Cn1cc(Br)c2cc(C(=O)O)cc(N)c21. The first-order chi connectivity index (χ1) is 7.00. The summed E-state index contributed by atoms with van der Waals surface area (Å²) in [5, 5.41) is 9.70. The van der Waals surface area contributed by atoms with E-state index in [9.17, 15) is 4.79 Å². The molecule has 0 unspecified atom stereocenters. The van der Waals surface area contributed by atoms with Crippen molar-refractivity contribution in [1.29, 1.82) is 0 Å². The third-order valence-electron chi connectivity index (χ3n) is 2.30. The van der Waals surface area contributed by atoms with Gasteiger partial charge in [0.1, 0.15) is 0 Å². The van der Waals surface area contributed by atoms with Crippen LogP contribution in [0.15, 0.2) is 22.8 Å². The maximum absolute atomic E-state index is 10.8. The highest BCUT2D eigenvalue weighted by molar-refractivity contribution is 9.10. The number of fused-ring (bicyclic) bond motifs is 1. The van der Waals surface area contributed by atoms with Gasteiger partial charge in [-0.2, -0.15) is 0 Å². The summed E-state index contributed by atoms with van der Waals surface area (Å²) in [6, 6.07) is 3.08. The summed E-state index contributed by atoms with van der Waals surface area (Å²) in [5.41, 5.74) is 7.31. The molecular weight excluding hydrogens is 260 g/mol. The van der Waals surface area contributed by atoms with Crippen LogP contribution in [-0.2, 0) is 7.05 Å². The van der Waals surface area contributed by atoms with E-state index in [0.29, 0.717) is 5.69 Å². The van der Waals surface area contributed by atoms with Crippen LogP contribution in [0.3, 0.4) is 0 Å². The number of rotatable bonds is 1. The number of hydrogen-bond donors (Lipinski definition) is 2. The molecule has 5 heteroatoms. The summed E-state index contributed by atoms with van der Waals surface area (Å²) in [4.78, 5) is 10.8. The molecule has 0 atom stereocenters. The maximum Gasteiger partial charge on any atom is 0.335 e. The molecule has 0 fully saturated rings. The largest absolute Gasteiger partial charge is 0.478 e. The number of halogens is 1. The van der Waals surface area contributed by atoms with Gasteiger partial charge in [0.15, 0.2) is 0 Å². The number of aromatic carboxylic acids is 1. The van der Waals surface area contributed by atoms with Crippen molar-refractivity contribution < 1.29 is 9.90 Å². The number of nitrogens with two attached hydrogens (primary N) is 1. The van der Waals surface area contributed by atoms with Crippen molar-refractivity contribution in [3.8, 4) is 0 Å². The van der Waals surface area contributed by atoms with E-state index in [4.69, 9.17) is 10.8 Å². The molecule has 0 aliphatic heterocycles. The average molecular weight is 269 g/mol. The highest BCUT2D eigenvalue weighted by Crippen LogP contribution is 2.30. The van der Waals surface area contributed by atoms with Crippen LogP contribution in [0.5, 0.6) is 0 Å². The molecule has 0 aliphatic rings. The molecule has 0 saturated carbocycles. The third kappa shape index (κ3) is 1.48. The van der Waals surface area contributed by atoms with Gasteiger partial charge in [0.25, 0.3) is 0 Å². The first-order valence-electron chi connectivity index (χ1n) is 4.28. The monoisotopic (exact) mass is 268 g/mol. The third-order valence-corrected chi connectivity index (χ3v) is 2.94. The van der Waals surface area contributed by atoms with Crippen molar-refractivity contribution in [3.63, 3.8) is 0 Å². The Bertz CT molecular complexity index is 560. The van der Waals surface area contributed by atoms with Crippen LogP contribution in [-0.4, -0.2) is 15.6 Å². The molecule has 0 amide bonds. The van der Waals surface area contributed by atoms with E-state index in [0.717, 1.165) is 15.4 Å². The van der Waals surface area contributed by atoms with Gasteiger partial charge in [-0.1, -0.05) is 0 Å². The second kappa shape index (κ2) is 3.27. The molecule has 78 valence electrons. The summed E-state index contributed by atoms with van der Waals surface area (Å²) >= 11 is 3.37. The first-order valence-corrected chi connectivity index (χ1v) is 5.07. The summed E-state index contributed by atoms with van der Waals surface area (Å²) < 4.78 is 2.70. The summed E-state index contributed by atoms with van der Waals surface area (Å²) in [6.45, 7) is 0. The molecule has 1 heterocycles. The Morgan fingerprint density at radius 3 is 2.80 bits per heavy atom. The summed E-state index contributed by atoms with van der Waals surface area (Å²) in [5.74, 6) is -0.973. The number of anilines is 1. The van der Waals surface area contributed by atoms with Gasteiger partial charge in [-0.25, -0.2) is 4.79 Å². The number of carboxylic acid groups (broad SMARTS) is 1. The summed E-state index contributed by atoms with van der Waals surface area (Å²) in [6.07, 6.45) is 1.85. The molecule has 1 aromatic carbocycles. The normalized spacial score (nSPS) is 10.8. The van der Waals surface area contributed by atoms with Gasteiger partial charge in [-0.3, -0.25) is 0 Å². The number of nitrogen functional groups attached to an aromatic ring is 1. The Morgan fingerprint density at radius 1 is 1.53 bits per heavy atom.